The highest BCUT2D eigenvalue weighted by Gasteiger charge is 2.46. The van der Waals surface area contributed by atoms with E-state index in [9.17, 15) is 0 Å². The Kier molecular flexibility index (Phi) is 11.0. The van der Waals surface area contributed by atoms with E-state index in [2.05, 4.69) is 26.0 Å². The molecule has 0 amide bonds. The van der Waals surface area contributed by atoms with Crippen molar-refractivity contribution in [2.24, 2.45) is 59.2 Å². The lowest BCUT2D eigenvalue weighted by atomic mass is 9.55. The van der Waals surface area contributed by atoms with Gasteiger partial charge in [0.25, 0.3) is 0 Å². The second kappa shape index (κ2) is 14.4. The van der Waals surface area contributed by atoms with Crippen LogP contribution in [0.5, 0.6) is 0 Å². The van der Waals surface area contributed by atoms with Gasteiger partial charge in [0.2, 0.25) is 0 Å². The lowest BCUT2D eigenvalue weighted by molar-refractivity contribution is -0.00946. The minimum atomic E-state index is 0.906. The fraction of sp³-hybridized carbons (Fsp3) is 0.946. The summed E-state index contributed by atoms with van der Waals surface area (Å²) in [6, 6.07) is 0. The molecular formula is C37H64. The van der Waals surface area contributed by atoms with Gasteiger partial charge in [0.15, 0.2) is 0 Å². The van der Waals surface area contributed by atoms with Crippen LogP contribution in [0.1, 0.15) is 162 Å². The normalized spacial score (nSPS) is 40.6. The van der Waals surface area contributed by atoms with Crippen LogP contribution in [0.25, 0.3) is 0 Å². The van der Waals surface area contributed by atoms with Crippen molar-refractivity contribution in [2.45, 2.75) is 162 Å². The first-order valence-corrected chi connectivity index (χ1v) is 17.9. The third-order valence-electron chi connectivity index (χ3n) is 12.9. The summed E-state index contributed by atoms with van der Waals surface area (Å²) < 4.78 is 0. The van der Waals surface area contributed by atoms with Gasteiger partial charge >= 0.3 is 0 Å². The summed E-state index contributed by atoms with van der Waals surface area (Å²) in [6.07, 6.45) is 40.4. The van der Waals surface area contributed by atoms with Crippen LogP contribution in [0.4, 0.5) is 0 Å². The topological polar surface area (TPSA) is 0 Å². The molecule has 0 N–H and O–H groups in total. The number of hydrogen-bond acceptors (Lipinski definition) is 0. The summed E-state index contributed by atoms with van der Waals surface area (Å²) in [7, 11) is 0. The Morgan fingerprint density at radius 2 is 1.51 bits per heavy atom. The van der Waals surface area contributed by atoms with Gasteiger partial charge in [-0.2, -0.15) is 0 Å². The zero-order valence-corrected chi connectivity index (χ0v) is 25.2. The standard InChI is InChI=1S/C37H64/c1-3-4-6-15-30-18-13-21-32(25-30)33-23-24-34(26-29-16-7-5-8-17-29)36(27-33)37(31-19-10-11-20-31)35-22-12-9-14-28(35)2/h7,16,28-37H,3-6,8-15,17-27H2,1-2H3. The van der Waals surface area contributed by atoms with Gasteiger partial charge in [0.1, 0.15) is 0 Å². The molecule has 4 saturated carbocycles. The van der Waals surface area contributed by atoms with E-state index in [1.807, 2.05) is 0 Å². The van der Waals surface area contributed by atoms with Crippen LogP contribution in [-0.2, 0) is 0 Å². The van der Waals surface area contributed by atoms with Gasteiger partial charge in [-0.05, 0) is 117 Å². The average Bonchev–Trinajstić information content (AvgIpc) is 3.46. The summed E-state index contributed by atoms with van der Waals surface area (Å²) >= 11 is 0. The highest BCUT2D eigenvalue weighted by atomic mass is 14.5. The van der Waals surface area contributed by atoms with E-state index in [-0.39, 0.29) is 0 Å². The van der Waals surface area contributed by atoms with Gasteiger partial charge in [-0.15, -0.1) is 0 Å². The van der Waals surface area contributed by atoms with E-state index >= 15 is 0 Å². The number of hydrogen-bond donors (Lipinski definition) is 0. The predicted molar refractivity (Wildman–Crippen MR) is 162 cm³/mol. The Bertz CT molecular complexity index is 670. The van der Waals surface area contributed by atoms with E-state index in [1.165, 1.54) is 70.6 Å². The first-order valence-electron chi connectivity index (χ1n) is 17.9. The first-order chi connectivity index (χ1) is 18.2. The van der Waals surface area contributed by atoms with E-state index in [0.717, 1.165) is 59.2 Å². The summed E-state index contributed by atoms with van der Waals surface area (Å²) in [5.74, 6) is 10.4. The van der Waals surface area contributed by atoms with Crippen molar-refractivity contribution in [3.63, 3.8) is 0 Å². The van der Waals surface area contributed by atoms with E-state index in [4.69, 9.17) is 0 Å². The van der Waals surface area contributed by atoms with Crippen molar-refractivity contribution in [1.82, 2.24) is 0 Å². The molecule has 0 spiro atoms. The maximum absolute atomic E-state index is 2.67. The zero-order valence-electron chi connectivity index (χ0n) is 25.2. The third-order valence-corrected chi connectivity index (χ3v) is 12.9. The lowest BCUT2D eigenvalue weighted by Crippen LogP contribution is -2.42. The molecule has 9 unspecified atom stereocenters. The van der Waals surface area contributed by atoms with Crippen molar-refractivity contribution in [3.8, 4) is 0 Å². The van der Waals surface area contributed by atoms with Gasteiger partial charge < -0.3 is 0 Å². The van der Waals surface area contributed by atoms with Crippen molar-refractivity contribution in [2.75, 3.05) is 0 Å². The molecule has 5 rings (SSSR count). The SMILES string of the molecule is CCCCCC1CCCC(C2CCC(CC3C=CCCC3)C(C(C3CCCC3)C3CCCCC3C)C2)C1. The van der Waals surface area contributed by atoms with Crippen LogP contribution in [-0.4, -0.2) is 0 Å². The molecular weight excluding hydrogens is 444 g/mol. The summed E-state index contributed by atoms with van der Waals surface area (Å²) in [4.78, 5) is 0. The second-order valence-corrected chi connectivity index (χ2v) is 15.2. The quantitative estimate of drug-likeness (QED) is 0.203. The van der Waals surface area contributed by atoms with Crippen molar-refractivity contribution in [3.05, 3.63) is 12.2 Å². The van der Waals surface area contributed by atoms with Crippen molar-refractivity contribution < 1.29 is 0 Å². The average molecular weight is 509 g/mol. The zero-order chi connectivity index (χ0) is 25.5. The molecule has 5 aliphatic carbocycles. The minimum absolute atomic E-state index is 0.906. The van der Waals surface area contributed by atoms with Crippen LogP contribution in [0.15, 0.2) is 12.2 Å². The number of rotatable bonds is 10. The highest BCUT2D eigenvalue weighted by Crippen LogP contribution is 2.55. The Labute approximate surface area is 232 Å². The summed E-state index contributed by atoms with van der Waals surface area (Å²) in [6.45, 7) is 5.05. The smallest absolute Gasteiger partial charge is 0.0231 e. The van der Waals surface area contributed by atoms with E-state index in [1.54, 1.807) is 77.0 Å². The number of allylic oxidation sites excluding steroid dienone is 2. The maximum atomic E-state index is 2.67. The lowest BCUT2D eigenvalue weighted by Gasteiger charge is -2.51. The molecule has 0 aromatic carbocycles. The van der Waals surface area contributed by atoms with Gasteiger partial charge in [-0.3, -0.25) is 0 Å². The molecule has 0 nitrogen and oxygen atoms in total. The summed E-state index contributed by atoms with van der Waals surface area (Å²) in [5, 5.41) is 0. The molecule has 5 aliphatic rings. The molecule has 212 valence electrons. The van der Waals surface area contributed by atoms with Crippen molar-refractivity contribution >= 4 is 0 Å². The largest absolute Gasteiger partial charge is 0.0883 e. The van der Waals surface area contributed by atoms with Crippen LogP contribution in [0.2, 0.25) is 0 Å². The van der Waals surface area contributed by atoms with Crippen molar-refractivity contribution in [1.29, 1.82) is 0 Å². The molecule has 0 heterocycles. The predicted octanol–water partition coefficient (Wildman–Crippen LogP) is 11.8. The molecule has 0 saturated heterocycles. The third kappa shape index (κ3) is 7.48. The fourth-order valence-electron chi connectivity index (χ4n) is 10.9. The maximum Gasteiger partial charge on any atom is -0.0231 e. The Morgan fingerprint density at radius 1 is 0.703 bits per heavy atom. The van der Waals surface area contributed by atoms with Gasteiger partial charge in [0, 0.05) is 0 Å². The number of unbranched alkanes of at least 4 members (excludes halogenated alkanes) is 2. The highest BCUT2D eigenvalue weighted by molar-refractivity contribution is 4.99. The molecule has 0 bridgehead atoms. The Morgan fingerprint density at radius 3 is 2.30 bits per heavy atom. The van der Waals surface area contributed by atoms with Crippen LogP contribution >= 0.6 is 0 Å². The molecule has 4 fully saturated rings. The molecule has 37 heavy (non-hydrogen) atoms. The van der Waals surface area contributed by atoms with Gasteiger partial charge in [-0.25, -0.2) is 0 Å². The molecule has 9 atom stereocenters. The van der Waals surface area contributed by atoms with E-state index in [0.29, 0.717) is 0 Å². The molecule has 0 heteroatoms. The fourth-order valence-corrected chi connectivity index (χ4v) is 10.9. The van der Waals surface area contributed by atoms with Crippen LogP contribution < -0.4 is 0 Å². The molecule has 0 aromatic heterocycles. The Hall–Kier alpha value is -0.260. The molecule has 0 aliphatic heterocycles. The second-order valence-electron chi connectivity index (χ2n) is 15.2. The molecule has 0 aromatic rings. The summed E-state index contributed by atoms with van der Waals surface area (Å²) in [5.41, 5.74) is 0. The van der Waals surface area contributed by atoms with Crippen LogP contribution in [0, 0.1) is 59.2 Å². The molecule has 0 radical (unpaired) electrons. The van der Waals surface area contributed by atoms with E-state index < -0.39 is 0 Å². The minimum Gasteiger partial charge on any atom is -0.0883 e. The monoisotopic (exact) mass is 509 g/mol. The van der Waals surface area contributed by atoms with Gasteiger partial charge in [-0.1, -0.05) is 116 Å². The van der Waals surface area contributed by atoms with Crippen LogP contribution in [0.3, 0.4) is 0 Å². The Balaban J connectivity index is 1.34. The first kappa shape index (κ1) is 28.3. The van der Waals surface area contributed by atoms with Gasteiger partial charge in [0.05, 0.1) is 0 Å².